The lowest BCUT2D eigenvalue weighted by Crippen LogP contribution is -1.85. The van der Waals surface area contributed by atoms with Crippen LogP contribution in [0, 0.1) is 0 Å². The number of aromatic amines is 1. The van der Waals surface area contributed by atoms with Gasteiger partial charge < -0.3 is 4.98 Å². The Morgan fingerprint density at radius 3 is 2.60 bits per heavy atom. The molecule has 2 nitrogen and oxygen atoms in total. The fraction of sp³-hybridized carbons (Fsp3) is 0.182. The highest BCUT2D eigenvalue weighted by Gasteiger charge is 2.09. The van der Waals surface area contributed by atoms with Crippen LogP contribution in [0.2, 0.25) is 5.28 Å². The molecule has 78 valence electrons. The molecule has 0 fully saturated rings. The molecule has 0 spiro atoms. The molecule has 0 amide bonds. The van der Waals surface area contributed by atoms with Crippen LogP contribution in [0.4, 0.5) is 0 Å². The zero-order chi connectivity index (χ0) is 10.8. The lowest BCUT2D eigenvalue weighted by molar-refractivity contribution is 1.07. The minimum absolute atomic E-state index is 0.449. The number of halogens is 2. The molecule has 0 unspecified atom stereocenters. The van der Waals surface area contributed by atoms with E-state index >= 15 is 0 Å². The van der Waals surface area contributed by atoms with Crippen LogP contribution in [-0.2, 0) is 6.42 Å². The van der Waals surface area contributed by atoms with E-state index in [-0.39, 0.29) is 0 Å². The Kier molecular flexibility index (Phi) is 3.12. The molecule has 0 saturated heterocycles. The SMILES string of the molecule is CCc1[nH]c(Cl)nc1-c1ccc(Br)cc1. The van der Waals surface area contributed by atoms with Gasteiger partial charge >= 0.3 is 0 Å². The molecular formula is C11H10BrClN2. The van der Waals surface area contributed by atoms with Crippen LogP contribution in [0.3, 0.4) is 0 Å². The van der Waals surface area contributed by atoms with Crippen LogP contribution < -0.4 is 0 Å². The van der Waals surface area contributed by atoms with Crippen LogP contribution >= 0.6 is 27.5 Å². The maximum atomic E-state index is 5.85. The largest absolute Gasteiger partial charge is 0.332 e. The molecule has 1 aromatic heterocycles. The van der Waals surface area contributed by atoms with Gasteiger partial charge in [-0.3, -0.25) is 0 Å². The fourth-order valence-electron chi connectivity index (χ4n) is 1.48. The molecule has 4 heteroatoms. The van der Waals surface area contributed by atoms with Crippen molar-refractivity contribution in [3.63, 3.8) is 0 Å². The zero-order valence-electron chi connectivity index (χ0n) is 8.22. The monoisotopic (exact) mass is 284 g/mol. The molecule has 0 saturated carbocycles. The quantitative estimate of drug-likeness (QED) is 0.886. The van der Waals surface area contributed by atoms with Gasteiger partial charge in [0.05, 0.1) is 5.69 Å². The zero-order valence-corrected chi connectivity index (χ0v) is 10.6. The van der Waals surface area contributed by atoms with E-state index in [1.807, 2.05) is 24.3 Å². The molecule has 1 N–H and O–H groups in total. The van der Waals surface area contributed by atoms with Crippen LogP contribution in [0.25, 0.3) is 11.3 Å². The molecule has 0 aliphatic carbocycles. The summed E-state index contributed by atoms with van der Waals surface area (Å²) in [5, 5.41) is 0.449. The molecule has 2 aromatic rings. The Balaban J connectivity index is 2.48. The van der Waals surface area contributed by atoms with E-state index in [4.69, 9.17) is 11.6 Å². The molecule has 0 atom stereocenters. The molecule has 0 radical (unpaired) electrons. The lowest BCUT2D eigenvalue weighted by Gasteiger charge is -1.99. The van der Waals surface area contributed by atoms with Gasteiger partial charge in [0.15, 0.2) is 0 Å². The topological polar surface area (TPSA) is 28.7 Å². The van der Waals surface area contributed by atoms with Gasteiger partial charge in [-0.2, -0.15) is 0 Å². The van der Waals surface area contributed by atoms with Crippen molar-refractivity contribution in [2.45, 2.75) is 13.3 Å². The fourth-order valence-corrected chi connectivity index (χ4v) is 1.94. The van der Waals surface area contributed by atoms with Gasteiger partial charge in [0, 0.05) is 15.7 Å². The van der Waals surface area contributed by atoms with E-state index in [1.54, 1.807) is 0 Å². The average molecular weight is 286 g/mol. The van der Waals surface area contributed by atoms with Crippen LogP contribution in [0.1, 0.15) is 12.6 Å². The van der Waals surface area contributed by atoms with Crippen LogP contribution in [0.5, 0.6) is 0 Å². The lowest BCUT2D eigenvalue weighted by atomic mass is 10.1. The van der Waals surface area contributed by atoms with Crippen molar-refractivity contribution in [1.82, 2.24) is 9.97 Å². The van der Waals surface area contributed by atoms with Crippen LogP contribution in [0.15, 0.2) is 28.7 Å². The number of nitrogens with zero attached hydrogens (tertiary/aromatic N) is 1. The van der Waals surface area contributed by atoms with Gasteiger partial charge in [-0.25, -0.2) is 4.98 Å². The Bertz CT molecular complexity index is 462. The molecule has 1 heterocycles. The van der Waals surface area contributed by atoms with E-state index in [2.05, 4.69) is 32.8 Å². The number of aryl methyl sites for hydroxylation is 1. The second-order valence-electron chi connectivity index (χ2n) is 3.22. The van der Waals surface area contributed by atoms with Crippen molar-refractivity contribution >= 4 is 27.5 Å². The van der Waals surface area contributed by atoms with Gasteiger partial charge in [0.25, 0.3) is 0 Å². The number of H-pyrrole nitrogens is 1. The van der Waals surface area contributed by atoms with Crippen molar-refractivity contribution in [3.05, 3.63) is 39.7 Å². The predicted octanol–water partition coefficient (Wildman–Crippen LogP) is 4.06. The van der Waals surface area contributed by atoms with Crippen molar-refractivity contribution in [2.24, 2.45) is 0 Å². The maximum Gasteiger partial charge on any atom is 0.200 e. The van der Waals surface area contributed by atoms with Crippen molar-refractivity contribution < 1.29 is 0 Å². The standard InChI is InChI=1S/C11H10BrClN2/c1-2-9-10(15-11(13)14-9)7-3-5-8(12)6-4-7/h3-6H,2H2,1H3,(H,14,15). The number of benzene rings is 1. The third kappa shape index (κ3) is 2.24. The Labute approximate surface area is 102 Å². The number of nitrogens with one attached hydrogen (secondary N) is 1. The molecule has 1 aromatic carbocycles. The summed E-state index contributed by atoms with van der Waals surface area (Å²) in [6.45, 7) is 2.08. The van der Waals surface area contributed by atoms with Gasteiger partial charge in [-0.15, -0.1) is 0 Å². The minimum Gasteiger partial charge on any atom is -0.332 e. The van der Waals surface area contributed by atoms with Gasteiger partial charge in [0.2, 0.25) is 5.28 Å². The summed E-state index contributed by atoms with van der Waals surface area (Å²) in [6, 6.07) is 8.04. The Morgan fingerprint density at radius 1 is 1.33 bits per heavy atom. The van der Waals surface area contributed by atoms with E-state index in [1.165, 1.54) is 0 Å². The molecular weight excluding hydrogens is 275 g/mol. The summed E-state index contributed by atoms with van der Waals surface area (Å²) in [5.74, 6) is 0. The highest BCUT2D eigenvalue weighted by Crippen LogP contribution is 2.25. The average Bonchev–Trinajstić information content (AvgIpc) is 2.61. The van der Waals surface area contributed by atoms with E-state index in [0.29, 0.717) is 5.28 Å². The first kappa shape index (κ1) is 10.7. The van der Waals surface area contributed by atoms with E-state index in [9.17, 15) is 0 Å². The summed E-state index contributed by atoms with van der Waals surface area (Å²) in [7, 11) is 0. The summed E-state index contributed by atoms with van der Waals surface area (Å²) in [5.41, 5.74) is 3.09. The number of rotatable bonds is 2. The first-order valence-corrected chi connectivity index (χ1v) is 5.88. The molecule has 15 heavy (non-hydrogen) atoms. The minimum atomic E-state index is 0.449. The van der Waals surface area contributed by atoms with E-state index < -0.39 is 0 Å². The highest BCUT2D eigenvalue weighted by molar-refractivity contribution is 9.10. The van der Waals surface area contributed by atoms with Crippen molar-refractivity contribution in [1.29, 1.82) is 0 Å². The first-order chi connectivity index (χ1) is 7.20. The third-order valence-electron chi connectivity index (χ3n) is 2.22. The number of hydrogen-bond acceptors (Lipinski definition) is 1. The second-order valence-corrected chi connectivity index (χ2v) is 4.49. The number of imidazole rings is 1. The summed E-state index contributed by atoms with van der Waals surface area (Å²) in [4.78, 5) is 7.33. The summed E-state index contributed by atoms with van der Waals surface area (Å²) in [6.07, 6.45) is 0.894. The van der Waals surface area contributed by atoms with Gasteiger partial charge in [-0.05, 0) is 30.2 Å². The molecule has 0 aliphatic heterocycles. The third-order valence-corrected chi connectivity index (χ3v) is 2.93. The number of hydrogen-bond donors (Lipinski definition) is 1. The molecule has 0 aliphatic rings. The van der Waals surface area contributed by atoms with Crippen molar-refractivity contribution in [2.75, 3.05) is 0 Å². The molecule has 0 bridgehead atoms. The van der Waals surface area contributed by atoms with Gasteiger partial charge in [-0.1, -0.05) is 35.0 Å². The predicted molar refractivity (Wildman–Crippen MR) is 66.1 cm³/mol. The summed E-state index contributed by atoms with van der Waals surface area (Å²) < 4.78 is 1.06. The first-order valence-electron chi connectivity index (χ1n) is 4.71. The van der Waals surface area contributed by atoms with Crippen molar-refractivity contribution in [3.8, 4) is 11.3 Å². The maximum absolute atomic E-state index is 5.85. The highest BCUT2D eigenvalue weighted by atomic mass is 79.9. The Hall–Kier alpha value is -0.800. The van der Waals surface area contributed by atoms with Crippen LogP contribution in [-0.4, -0.2) is 9.97 Å². The normalized spacial score (nSPS) is 10.6. The molecule has 2 rings (SSSR count). The number of aromatic nitrogens is 2. The van der Waals surface area contributed by atoms with E-state index in [0.717, 1.165) is 27.8 Å². The summed E-state index contributed by atoms with van der Waals surface area (Å²) >= 11 is 9.25. The Morgan fingerprint density at radius 2 is 2.00 bits per heavy atom. The second kappa shape index (κ2) is 4.37. The smallest absolute Gasteiger partial charge is 0.200 e. The van der Waals surface area contributed by atoms with Gasteiger partial charge in [0.1, 0.15) is 0 Å².